The van der Waals surface area contributed by atoms with E-state index in [0.717, 1.165) is 16.5 Å². The van der Waals surface area contributed by atoms with E-state index in [1.807, 2.05) is 45.0 Å². The largest absolute Gasteiger partial charge is 0.368 e. The fourth-order valence-electron chi connectivity index (χ4n) is 3.29. The van der Waals surface area contributed by atoms with E-state index >= 15 is 0 Å². The molecule has 6 nitrogen and oxygen atoms in total. The van der Waals surface area contributed by atoms with E-state index in [9.17, 15) is 14.0 Å². The second-order valence-corrected chi connectivity index (χ2v) is 8.19. The van der Waals surface area contributed by atoms with Crippen LogP contribution in [0.4, 0.5) is 4.39 Å². The number of nitrogens with zero attached hydrogens (tertiary/aromatic N) is 2. The first kappa shape index (κ1) is 20.5. The highest BCUT2D eigenvalue weighted by molar-refractivity contribution is 5.91. The molecule has 29 heavy (non-hydrogen) atoms. The Morgan fingerprint density at radius 2 is 1.79 bits per heavy atom. The highest BCUT2D eigenvalue weighted by Gasteiger charge is 2.31. The van der Waals surface area contributed by atoms with E-state index in [1.165, 1.54) is 12.1 Å². The molecule has 0 saturated heterocycles. The molecule has 2 aromatic carbocycles. The van der Waals surface area contributed by atoms with Gasteiger partial charge in [0.15, 0.2) is 0 Å². The van der Waals surface area contributed by atoms with Crippen molar-refractivity contribution in [2.75, 3.05) is 0 Å². The van der Waals surface area contributed by atoms with Gasteiger partial charge in [-0.25, -0.2) is 4.39 Å². The molecule has 3 aromatic rings. The van der Waals surface area contributed by atoms with Gasteiger partial charge in [-0.05, 0) is 29.2 Å². The number of aromatic nitrogens is 2. The molecule has 0 unspecified atom stereocenters. The highest BCUT2D eigenvalue weighted by atomic mass is 19.1. The quantitative estimate of drug-likeness (QED) is 0.671. The molecule has 1 atom stereocenters. The van der Waals surface area contributed by atoms with Crippen molar-refractivity contribution in [1.82, 2.24) is 15.1 Å². The van der Waals surface area contributed by atoms with Crippen molar-refractivity contribution in [3.63, 3.8) is 0 Å². The number of hydrogen-bond donors (Lipinski definition) is 2. The van der Waals surface area contributed by atoms with Crippen molar-refractivity contribution >= 4 is 22.7 Å². The minimum absolute atomic E-state index is 0.0246. The molecule has 152 valence electrons. The van der Waals surface area contributed by atoms with Gasteiger partial charge in [0.2, 0.25) is 11.8 Å². The van der Waals surface area contributed by atoms with Crippen LogP contribution >= 0.6 is 0 Å². The Morgan fingerprint density at radius 3 is 2.41 bits per heavy atom. The Labute approximate surface area is 168 Å². The van der Waals surface area contributed by atoms with Crippen molar-refractivity contribution in [3.05, 3.63) is 65.6 Å². The van der Waals surface area contributed by atoms with Gasteiger partial charge in [0.1, 0.15) is 11.9 Å². The first-order chi connectivity index (χ1) is 13.6. The summed E-state index contributed by atoms with van der Waals surface area (Å²) in [7, 11) is 0. The summed E-state index contributed by atoms with van der Waals surface area (Å²) < 4.78 is 15.0. The predicted molar refractivity (Wildman–Crippen MR) is 110 cm³/mol. The van der Waals surface area contributed by atoms with Gasteiger partial charge in [-0.1, -0.05) is 51.1 Å². The second kappa shape index (κ2) is 8.03. The maximum atomic E-state index is 13.2. The van der Waals surface area contributed by atoms with Crippen LogP contribution in [0.1, 0.15) is 32.0 Å². The van der Waals surface area contributed by atoms with Crippen LogP contribution in [-0.2, 0) is 22.6 Å². The third kappa shape index (κ3) is 4.80. The van der Waals surface area contributed by atoms with E-state index in [1.54, 1.807) is 16.8 Å². The number of halogens is 1. The minimum Gasteiger partial charge on any atom is -0.368 e. The number of primary amides is 1. The highest BCUT2D eigenvalue weighted by Crippen LogP contribution is 2.22. The van der Waals surface area contributed by atoms with Crippen molar-refractivity contribution < 1.29 is 14.0 Å². The Bertz CT molecular complexity index is 1040. The van der Waals surface area contributed by atoms with Crippen LogP contribution in [0.3, 0.4) is 0 Å². The first-order valence-electron chi connectivity index (χ1n) is 9.42. The lowest BCUT2D eigenvalue weighted by molar-refractivity contribution is -0.129. The summed E-state index contributed by atoms with van der Waals surface area (Å²) in [4.78, 5) is 24.4. The van der Waals surface area contributed by atoms with Gasteiger partial charge in [0.05, 0.1) is 24.2 Å². The van der Waals surface area contributed by atoms with E-state index in [4.69, 9.17) is 5.73 Å². The van der Waals surface area contributed by atoms with Gasteiger partial charge in [-0.3, -0.25) is 14.3 Å². The van der Waals surface area contributed by atoms with Crippen LogP contribution in [0.2, 0.25) is 0 Å². The van der Waals surface area contributed by atoms with Crippen LogP contribution in [-0.4, -0.2) is 27.6 Å². The maximum absolute atomic E-state index is 13.2. The molecule has 0 bridgehead atoms. The molecule has 1 heterocycles. The van der Waals surface area contributed by atoms with Gasteiger partial charge >= 0.3 is 0 Å². The maximum Gasteiger partial charge on any atom is 0.240 e. The van der Waals surface area contributed by atoms with E-state index in [0.29, 0.717) is 12.2 Å². The van der Waals surface area contributed by atoms with E-state index < -0.39 is 17.4 Å². The molecular formula is C22H25FN4O2. The molecule has 3 rings (SSSR count). The summed E-state index contributed by atoms with van der Waals surface area (Å²) in [5, 5.41) is 8.20. The van der Waals surface area contributed by atoms with Crippen molar-refractivity contribution in [3.8, 4) is 0 Å². The van der Waals surface area contributed by atoms with Crippen LogP contribution in [0, 0.1) is 11.2 Å². The number of nitrogens with two attached hydrogens (primary N) is 1. The minimum atomic E-state index is -0.775. The Hall–Kier alpha value is -3.22. The lowest BCUT2D eigenvalue weighted by atomic mass is 9.86. The molecule has 0 saturated carbocycles. The summed E-state index contributed by atoms with van der Waals surface area (Å²) in [6.07, 6.45) is 0.0246. The third-order valence-electron chi connectivity index (χ3n) is 4.76. The Kier molecular flexibility index (Phi) is 5.68. The number of fused-ring (bicyclic) bond motifs is 1. The fourth-order valence-corrected chi connectivity index (χ4v) is 3.29. The normalized spacial score (nSPS) is 12.7. The van der Waals surface area contributed by atoms with Gasteiger partial charge in [0, 0.05) is 5.39 Å². The van der Waals surface area contributed by atoms with Gasteiger partial charge in [-0.2, -0.15) is 5.10 Å². The van der Waals surface area contributed by atoms with Crippen LogP contribution in [0.25, 0.3) is 10.9 Å². The zero-order valence-corrected chi connectivity index (χ0v) is 16.8. The number of hydrogen-bond acceptors (Lipinski definition) is 3. The van der Waals surface area contributed by atoms with Crippen LogP contribution < -0.4 is 11.1 Å². The molecule has 1 aromatic heterocycles. The topological polar surface area (TPSA) is 90.0 Å². The average molecular weight is 396 g/mol. The zero-order chi connectivity index (χ0) is 21.2. The van der Waals surface area contributed by atoms with Gasteiger partial charge < -0.3 is 11.1 Å². The standard InChI is InChI=1S/C22H25FN4O2/c1-22(2,3)20(21(24)29)25-19(28)12-17-16-6-4-5-7-18(16)27(26-17)13-14-8-10-15(23)11-9-14/h4-11,20H,12-13H2,1-3H3,(H2,24,29)(H,25,28)/t20-/m1/s1. The number of rotatable bonds is 6. The SMILES string of the molecule is CC(C)(C)[C@H](NC(=O)Cc1nn(Cc2ccc(F)cc2)c2ccccc12)C(N)=O. The molecule has 0 spiro atoms. The number of benzene rings is 2. The molecule has 0 aliphatic rings. The summed E-state index contributed by atoms with van der Waals surface area (Å²) in [6, 6.07) is 13.1. The lowest BCUT2D eigenvalue weighted by Crippen LogP contribution is -2.52. The zero-order valence-electron chi connectivity index (χ0n) is 16.8. The molecule has 0 aliphatic carbocycles. The van der Waals surface area contributed by atoms with Crippen molar-refractivity contribution in [2.24, 2.45) is 11.1 Å². The third-order valence-corrected chi connectivity index (χ3v) is 4.76. The number of carbonyl (C=O) groups excluding carboxylic acids is 2. The average Bonchev–Trinajstić information content (AvgIpc) is 2.98. The number of nitrogens with one attached hydrogen (secondary N) is 1. The Morgan fingerprint density at radius 1 is 1.14 bits per heavy atom. The predicted octanol–water partition coefficient (Wildman–Crippen LogP) is 2.78. The summed E-state index contributed by atoms with van der Waals surface area (Å²) in [5.41, 5.74) is 7.35. The van der Waals surface area contributed by atoms with Crippen LogP contribution in [0.5, 0.6) is 0 Å². The number of para-hydroxylation sites is 1. The summed E-state index contributed by atoms with van der Waals surface area (Å²) in [5.74, 6) is -1.18. The van der Waals surface area contributed by atoms with Crippen LogP contribution in [0.15, 0.2) is 48.5 Å². The molecule has 7 heteroatoms. The van der Waals surface area contributed by atoms with E-state index in [-0.39, 0.29) is 18.1 Å². The molecule has 0 radical (unpaired) electrons. The molecular weight excluding hydrogens is 371 g/mol. The first-order valence-corrected chi connectivity index (χ1v) is 9.42. The van der Waals surface area contributed by atoms with Crippen molar-refractivity contribution in [2.45, 2.75) is 39.8 Å². The molecule has 2 amide bonds. The lowest BCUT2D eigenvalue weighted by Gasteiger charge is -2.28. The summed E-state index contributed by atoms with van der Waals surface area (Å²) in [6.45, 7) is 5.98. The van der Waals surface area contributed by atoms with Crippen molar-refractivity contribution in [1.29, 1.82) is 0 Å². The number of carbonyl (C=O) groups is 2. The van der Waals surface area contributed by atoms with Gasteiger partial charge in [0.25, 0.3) is 0 Å². The molecule has 0 fully saturated rings. The monoisotopic (exact) mass is 396 g/mol. The second-order valence-electron chi connectivity index (χ2n) is 8.19. The smallest absolute Gasteiger partial charge is 0.240 e. The van der Waals surface area contributed by atoms with Gasteiger partial charge in [-0.15, -0.1) is 0 Å². The fraction of sp³-hybridized carbons (Fsp3) is 0.318. The summed E-state index contributed by atoms with van der Waals surface area (Å²) >= 11 is 0. The molecule has 3 N–H and O–H groups in total. The number of amides is 2. The van der Waals surface area contributed by atoms with E-state index in [2.05, 4.69) is 10.4 Å². The Balaban J connectivity index is 1.85. The molecule has 0 aliphatic heterocycles.